The topological polar surface area (TPSA) is 57.5 Å². The summed E-state index contributed by atoms with van der Waals surface area (Å²) in [6.07, 6.45) is 3.29. The number of fused-ring (bicyclic) bond motifs is 5. The van der Waals surface area contributed by atoms with Crippen LogP contribution in [0.2, 0.25) is 0 Å². The molecule has 162 valence electrons. The van der Waals surface area contributed by atoms with Gasteiger partial charge in [-0.2, -0.15) is 0 Å². The normalized spacial score (nSPS) is 12.1. The average Bonchev–Trinajstić information content (AvgIpc) is 3.05. The summed E-state index contributed by atoms with van der Waals surface area (Å²) in [7, 11) is 0. The van der Waals surface area contributed by atoms with Crippen molar-refractivity contribution in [3.8, 4) is 5.75 Å². The molecule has 0 aliphatic rings. The number of nitrogens with zero attached hydrogens (tertiary/aromatic N) is 3. The van der Waals surface area contributed by atoms with Crippen LogP contribution < -0.4 is 9.25 Å². The average molecular weight is 421 g/mol. The lowest BCUT2D eigenvalue weighted by Crippen LogP contribution is -2.31. The maximum Gasteiger partial charge on any atom is 0.419 e. The van der Waals surface area contributed by atoms with Crippen molar-refractivity contribution in [2.24, 2.45) is 0 Å². The molecule has 1 aromatic carbocycles. The van der Waals surface area contributed by atoms with Gasteiger partial charge < -0.3 is 9.47 Å². The van der Waals surface area contributed by atoms with E-state index in [1.807, 2.05) is 62.7 Å². The van der Waals surface area contributed by atoms with Gasteiger partial charge in [-0.15, -0.1) is 0 Å². The molecule has 0 fully saturated rings. The number of carbonyl (C=O) groups is 1. The summed E-state index contributed by atoms with van der Waals surface area (Å²) in [4.78, 5) is 13.4. The largest absolute Gasteiger partial charge is 0.494 e. The lowest BCUT2D eigenvalue weighted by atomic mass is 10.1. The second-order valence-corrected chi connectivity index (χ2v) is 8.66. The quantitative estimate of drug-likeness (QED) is 0.424. The number of hydrogen-bond acceptors (Lipinski definition) is 4. The van der Waals surface area contributed by atoms with Crippen LogP contribution in [-0.2, 0) is 17.6 Å². The molecule has 0 saturated carbocycles. The molecule has 6 nitrogen and oxygen atoms in total. The monoisotopic (exact) mass is 420 g/mol. The summed E-state index contributed by atoms with van der Waals surface area (Å²) in [5, 5.41) is 6.79. The van der Waals surface area contributed by atoms with Crippen molar-refractivity contribution in [3.05, 3.63) is 47.8 Å². The molecule has 0 saturated heterocycles. The van der Waals surface area contributed by atoms with Gasteiger partial charge in [0, 0.05) is 34.1 Å². The van der Waals surface area contributed by atoms with Crippen LogP contribution >= 0.6 is 0 Å². The molecular weight excluding hydrogens is 390 g/mol. The van der Waals surface area contributed by atoms with Gasteiger partial charge in [0.15, 0.2) is 0 Å². The summed E-state index contributed by atoms with van der Waals surface area (Å²) < 4.78 is 15.1. The van der Waals surface area contributed by atoms with Crippen molar-refractivity contribution in [2.75, 3.05) is 6.61 Å². The molecule has 3 aromatic heterocycles. The summed E-state index contributed by atoms with van der Waals surface area (Å²) in [5.41, 5.74) is 4.08. The predicted molar refractivity (Wildman–Crippen MR) is 122 cm³/mol. The van der Waals surface area contributed by atoms with E-state index < -0.39 is 11.7 Å². The fourth-order valence-electron chi connectivity index (χ4n) is 4.07. The van der Waals surface area contributed by atoms with Gasteiger partial charge in [-0.3, -0.25) is 0 Å². The summed E-state index contributed by atoms with van der Waals surface area (Å²) in [5.74, 6) is 0.722. The molecule has 31 heavy (non-hydrogen) atoms. The first kappa shape index (κ1) is 21.1. The van der Waals surface area contributed by atoms with Crippen LogP contribution in [-0.4, -0.2) is 28.0 Å². The van der Waals surface area contributed by atoms with E-state index in [1.165, 1.54) is 5.56 Å². The van der Waals surface area contributed by atoms with Crippen LogP contribution in [0.25, 0.3) is 27.3 Å². The third-order valence-corrected chi connectivity index (χ3v) is 5.36. The zero-order chi connectivity index (χ0) is 22.3. The van der Waals surface area contributed by atoms with Crippen molar-refractivity contribution in [2.45, 2.75) is 60.0 Å². The zero-order valence-corrected chi connectivity index (χ0v) is 19.2. The fourth-order valence-corrected chi connectivity index (χ4v) is 4.07. The Morgan fingerprint density at radius 3 is 2.48 bits per heavy atom. The molecule has 0 aliphatic heterocycles. The van der Waals surface area contributed by atoms with E-state index in [0.717, 1.165) is 51.6 Å². The van der Waals surface area contributed by atoms with Gasteiger partial charge in [-0.05, 0) is 58.2 Å². The van der Waals surface area contributed by atoms with Gasteiger partial charge >= 0.3 is 6.09 Å². The highest BCUT2D eigenvalue weighted by Gasteiger charge is 2.27. The SMILES string of the molecule is CCOc1ccc2c3cc[n+]4nc(CC)c(CC)cc4c3n(C(=O)OC(C)(C)C)c2c1. The van der Waals surface area contributed by atoms with Crippen LogP contribution in [0, 0.1) is 0 Å². The Morgan fingerprint density at radius 2 is 1.84 bits per heavy atom. The highest BCUT2D eigenvalue weighted by atomic mass is 16.6. The summed E-state index contributed by atoms with van der Waals surface area (Å²) in [6, 6.07) is 10.0. The van der Waals surface area contributed by atoms with Crippen LogP contribution in [0.4, 0.5) is 4.79 Å². The number of ether oxygens (including phenoxy) is 2. The van der Waals surface area contributed by atoms with Crippen molar-refractivity contribution in [1.29, 1.82) is 0 Å². The van der Waals surface area contributed by atoms with Crippen molar-refractivity contribution in [3.63, 3.8) is 0 Å². The van der Waals surface area contributed by atoms with E-state index in [1.54, 1.807) is 4.57 Å². The van der Waals surface area contributed by atoms with Crippen molar-refractivity contribution in [1.82, 2.24) is 9.67 Å². The third-order valence-electron chi connectivity index (χ3n) is 5.36. The minimum Gasteiger partial charge on any atom is -0.494 e. The summed E-state index contributed by atoms with van der Waals surface area (Å²) >= 11 is 0. The number of carbonyl (C=O) groups excluding carboxylic acids is 1. The minimum absolute atomic E-state index is 0.410. The Morgan fingerprint density at radius 1 is 1.06 bits per heavy atom. The summed E-state index contributed by atoms with van der Waals surface area (Å²) in [6.45, 7) is 12.4. The minimum atomic E-state index is -0.614. The molecule has 4 aromatic rings. The first-order valence-electron chi connectivity index (χ1n) is 10.9. The van der Waals surface area contributed by atoms with E-state index in [0.29, 0.717) is 6.61 Å². The van der Waals surface area contributed by atoms with Gasteiger partial charge in [0.1, 0.15) is 22.6 Å². The van der Waals surface area contributed by atoms with Crippen molar-refractivity contribution >= 4 is 33.4 Å². The lowest BCUT2D eigenvalue weighted by Gasteiger charge is -2.20. The molecule has 0 spiro atoms. The van der Waals surface area contributed by atoms with E-state index in [-0.39, 0.29) is 0 Å². The Bertz CT molecular complexity index is 1300. The van der Waals surface area contributed by atoms with Gasteiger partial charge in [-0.25, -0.2) is 9.36 Å². The molecule has 6 heteroatoms. The molecular formula is C25H30N3O3+. The molecule has 0 amide bonds. The molecule has 0 atom stereocenters. The number of rotatable bonds is 4. The van der Waals surface area contributed by atoms with Crippen LogP contribution in [0.1, 0.15) is 52.8 Å². The Hall–Kier alpha value is -3.15. The fraction of sp³-hybridized carbons (Fsp3) is 0.400. The van der Waals surface area contributed by atoms with E-state index >= 15 is 0 Å². The van der Waals surface area contributed by atoms with Gasteiger partial charge in [-0.1, -0.05) is 18.4 Å². The van der Waals surface area contributed by atoms with Crippen LogP contribution in [0.3, 0.4) is 0 Å². The number of hydrogen-bond donors (Lipinski definition) is 0. The third kappa shape index (κ3) is 3.71. The molecule has 0 aliphatic carbocycles. The molecule has 4 rings (SSSR count). The Labute approximate surface area is 182 Å². The molecule has 0 N–H and O–H groups in total. The van der Waals surface area contributed by atoms with Crippen molar-refractivity contribution < 1.29 is 18.8 Å². The maximum atomic E-state index is 13.4. The Balaban J connectivity index is 2.13. The van der Waals surface area contributed by atoms with Crippen LogP contribution in [0.15, 0.2) is 36.5 Å². The maximum absolute atomic E-state index is 13.4. The standard InChI is InChI=1S/C25H30N3O3/c1-7-16-14-22-23-19(12-13-27(22)26-20(16)8-2)18-11-10-17(30-9-3)15-21(18)28(23)24(29)31-25(4,5)6/h10-15H,7-9H2,1-6H3/q+1. The van der Waals surface area contributed by atoms with E-state index in [4.69, 9.17) is 14.6 Å². The van der Waals surface area contributed by atoms with Gasteiger partial charge in [0.25, 0.3) is 5.52 Å². The lowest BCUT2D eigenvalue weighted by molar-refractivity contribution is -0.580. The highest BCUT2D eigenvalue weighted by Crippen LogP contribution is 2.34. The molecule has 0 radical (unpaired) electrons. The molecule has 0 bridgehead atoms. The second-order valence-electron chi connectivity index (χ2n) is 8.66. The predicted octanol–water partition coefficient (Wildman–Crippen LogP) is 5.23. The first-order chi connectivity index (χ1) is 14.8. The molecule has 0 unspecified atom stereocenters. The van der Waals surface area contributed by atoms with E-state index in [2.05, 4.69) is 19.9 Å². The second kappa shape index (κ2) is 7.84. The number of pyridine rings is 1. The highest BCUT2D eigenvalue weighted by molar-refractivity contribution is 6.16. The first-order valence-corrected chi connectivity index (χ1v) is 10.9. The van der Waals surface area contributed by atoms with E-state index in [9.17, 15) is 4.79 Å². The number of benzene rings is 1. The smallest absolute Gasteiger partial charge is 0.419 e. The zero-order valence-electron chi connectivity index (χ0n) is 19.2. The number of aryl methyl sites for hydroxylation is 2. The van der Waals surface area contributed by atoms with Gasteiger partial charge in [0.05, 0.1) is 12.1 Å². The molecule has 3 heterocycles. The van der Waals surface area contributed by atoms with Gasteiger partial charge in [0.2, 0.25) is 6.20 Å². The Kier molecular flexibility index (Phi) is 5.33. The van der Waals surface area contributed by atoms with Crippen LogP contribution in [0.5, 0.6) is 5.75 Å². The number of aromatic nitrogens is 3.